The fourth-order valence-corrected chi connectivity index (χ4v) is 2.85. The van der Waals surface area contributed by atoms with Crippen molar-refractivity contribution in [3.63, 3.8) is 0 Å². The first-order chi connectivity index (χ1) is 13.6. The van der Waals surface area contributed by atoms with Crippen LogP contribution in [0, 0.1) is 14.9 Å². The summed E-state index contributed by atoms with van der Waals surface area (Å²) in [5.74, 6) is -1.69. The molecule has 0 aliphatic rings. The van der Waals surface area contributed by atoms with Crippen LogP contribution in [0.2, 0.25) is 0 Å². The van der Waals surface area contributed by atoms with Gasteiger partial charge < -0.3 is 15.2 Å². The number of hydrogen-bond acceptors (Lipinski definition) is 4. The lowest BCUT2D eigenvalue weighted by Crippen LogP contribution is -2.14. The van der Waals surface area contributed by atoms with Crippen LogP contribution in [0.15, 0.2) is 48.0 Å². The molecular formula is C19H12F3IN2O4. The normalized spacial score (nSPS) is 11.5. The Kier molecular flexibility index (Phi) is 7.22. The molecule has 10 heteroatoms. The third-order valence-corrected chi connectivity index (χ3v) is 4.27. The molecule has 0 spiro atoms. The number of carboxylic acid groups (broad SMARTS) is 1. The van der Waals surface area contributed by atoms with E-state index in [1.165, 1.54) is 24.3 Å². The summed E-state index contributed by atoms with van der Waals surface area (Å²) in [5, 5.41) is 20.1. The average Bonchev–Trinajstić information content (AvgIpc) is 2.64. The zero-order chi connectivity index (χ0) is 21.6. The monoisotopic (exact) mass is 516 g/mol. The second-order valence-electron chi connectivity index (χ2n) is 5.57. The van der Waals surface area contributed by atoms with Gasteiger partial charge in [0.15, 0.2) is 6.61 Å². The van der Waals surface area contributed by atoms with Crippen molar-refractivity contribution in [3.05, 3.63) is 62.7 Å². The van der Waals surface area contributed by atoms with Crippen molar-refractivity contribution in [2.75, 3.05) is 11.9 Å². The van der Waals surface area contributed by atoms with Gasteiger partial charge in [-0.05, 0) is 64.6 Å². The number of alkyl halides is 3. The van der Waals surface area contributed by atoms with Crippen LogP contribution in [0.5, 0.6) is 5.75 Å². The highest BCUT2D eigenvalue weighted by Gasteiger charge is 2.30. The van der Waals surface area contributed by atoms with E-state index in [0.717, 1.165) is 18.2 Å². The number of carboxylic acids is 1. The van der Waals surface area contributed by atoms with E-state index >= 15 is 0 Å². The van der Waals surface area contributed by atoms with Crippen molar-refractivity contribution >= 4 is 46.2 Å². The third kappa shape index (κ3) is 6.49. The molecule has 0 saturated carbocycles. The summed E-state index contributed by atoms with van der Waals surface area (Å²) in [6, 6.07) is 10.3. The Labute approximate surface area is 176 Å². The topological polar surface area (TPSA) is 99.4 Å². The first kappa shape index (κ1) is 22.2. The van der Waals surface area contributed by atoms with Crippen LogP contribution < -0.4 is 10.1 Å². The summed E-state index contributed by atoms with van der Waals surface area (Å²) in [4.78, 5) is 22.8. The van der Waals surface area contributed by atoms with E-state index in [-0.39, 0.29) is 11.3 Å². The quantitative estimate of drug-likeness (QED) is 0.339. The van der Waals surface area contributed by atoms with Gasteiger partial charge in [0, 0.05) is 5.69 Å². The van der Waals surface area contributed by atoms with E-state index in [1.54, 1.807) is 12.1 Å². The maximum Gasteiger partial charge on any atom is 0.416 e. The molecule has 0 saturated heterocycles. The SMILES string of the molecule is N#C/C(=C/c1ccc(OCC(=O)O)c(I)c1)C(=O)Nc1cccc(C(F)(F)F)c1. The lowest BCUT2D eigenvalue weighted by molar-refractivity contribution is -0.139. The number of nitrogens with one attached hydrogen (secondary N) is 1. The molecule has 0 aliphatic carbocycles. The molecule has 0 aliphatic heterocycles. The van der Waals surface area contributed by atoms with Crippen molar-refractivity contribution in [1.82, 2.24) is 0 Å². The average molecular weight is 516 g/mol. The minimum atomic E-state index is -4.56. The number of hydrogen-bond donors (Lipinski definition) is 2. The highest BCUT2D eigenvalue weighted by atomic mass is 127. The van der Waals surface area contributed by atoms with Gasteiger partial charge in [-0.15, -0.1) is 0 Å². The highest BCUT2D eigenvalue weighted by molar-refractivity contribution is 14.1. The number of carbonyl (C=O) groups is 2. The van der Waals surface area contributed by atoms with Crippen LogP contribution in [0.25, 0.3) is 6.08 Å². The molecule has 0 heterocycles. The number of nitriles is 1. The van der Waals surface area contributed by atoms with Crippen LogP contribution >= 0.6 is 22.6 Å². The molecule has 6 nitrogen and oxygen atoms in total. The van der Waals surface area contributed by atoms with Crippen LogP contribution in [0.4, 0.5) is 18.9 Å². The lowest BCUT2D eigenvalue weighted by atomic mass is 10.1. The van der Waals surface area contributed by atoms with Crippen molar-refractivity contribution in [2.45, 2.75) is 6.18 Å². The molecule has 150 valence electrons. The van der Waals surface area contributed by atoms with Gasteiger partial charge in [0.1, 0.15) is 17.4 Å². The van der Waals surface area contributed by atoms with Gasteiger partial charge in [-0.3, -0.25) is 4.79 Å². The molecule has 0 atom stereocenters. The number of benzene rings is 2. The number of anilines is 1. The molecule has 0 radical (unpaired) electrons. The van der Waals surface area contributed by atoms with E-state index in [2.05, 4.69) is 5.32 Å². The van der Waals surface area contributed by atoms with Crippen LogP contribution in [0.3, 0.4) is 0 Å². The maximum absolute atomic E-state index is 12.8. The minimum absolute atomic E-state index is 0.0991. The Morgan fingerprint density at radius 3 is 2.55 bits per heavy atom. The van der Waals surface area contributed by atoms with Gasteiger partial charge in [-0.25, -0.2) is 4.79 Å². The summed E-state index contributed by atoms with van der Waals surface area (Å²) in [7, 11) is 0. The number of nitrogens with zero attached hydrogens (tertiary/aromatic N) is 1. The Balaban J connectivity index is 2.19. The molecule has 29 heavy (non-hydrogen) atoms. The molecule has 2 rings (SSSR count). The molecule has 1 amide bonds. The second-order valence-corrected chi connectivity index (χ2v) is 6.74. The Bertz CT molecular complexity index is 1010. The van der Waals surface area contributed by atoms with Gasteiger partial charge in [0.2, 0.25) is 0 Å². The number of halogens is 4. The molecular weight excluding hydrogens is 504 g/mol. The molecule has 0 aromatic heterocycles. The van der Waals surface area contributed by atoms with Gasteiger partial charge >= 0.3 is 12.1 Å². The van der Waals surface area contributed by atoms with Gasteiger partial charge in [-0.2, -0.15) is 18.4 Å². The first-order valence-corrected chi connectivity index (χ1v) is 8.92. The lowest BCUT2D eigenvalue weighted by Gasteiger charge is -2.10. The number of ether oxygens (including phenoxy) is 1. The fourth-order valence-electron chi connectivity index (χ4n) is 2.15. The van der Waals surface area contributed by atoms with Crippen molar-refractivity contribution < 1.29 is 32.6 Å². The summed E-state index contributed by atoms with van der Waals surface area (Å²) >= 11 is 1.90. The standard InChI is InChI=1S/C19H12F3IN2O4/c20-19(21,22)13-2-1-3-14(8-13)25-18(28)12(9-24)6-11-4-5-16(15(23)7-11)29-10-17(26)27/h1-8H,10H2,(H,25,28)(H,26,27)/b12-6-. The molecule has 2 N–H and O–H groups in total. The zero-order valence-corrected chi connectivity index (χ0v) is 16.6. The number of rotatable bonds is 6. The Hall–Kier alpha value is -3.07. The Morgan fingerprint density at radius 2 is 1.97 bits per heavy atom. The Morgan fingerprint density at radius 1 is 1.24 bits per heavy atom. The van der Waals surface area contributed by atoms with E-state index in [1.807, 2.05) is 22.6 Å². The highest BCUT2D eigenvalue weighted by Crippen LogP contribution is 2.30. The molecule has 2 aromatic carbocycles. The van der Waals surface area contributed by atoms with Gasteiger partial charge in [0.05, 0.1) is 9.13 Å². The summed E-state index contributed by atoms with van der Waals surface area (Å²) < 4.78 is 43.9. The zero-order valence-electron chi connectivity index (χ0n) is 14.5. The van der Waals surface area contributed by atoms with Crippen molar-refractivity contribution in [2.24, 2.45) is 0 Å². The maximum atomic E-state index is 12.8. The predicted octanol–water partition coefficient (Wildman–Crippen LogP) is 4.32. The molecule has 0 bridgehead atoms. The molecule has 0 fully saturated rings. The summed E-state index contributed by atoms with van der Waals surface area (Å²) in [5.41, 5.74) is -0.896. The van der Waals surface area contributed by atoms with E-state index in [0.29, 0.717) is 14.9 Å². The van der Waals surface area contributed by atoms with Crippen LogP contribution in [-0.4, -0.2) is 23.6 Å². The van der Waals surface area contributed by atoms with E-state index < -0.39 is 30.2 Å². The summed E-state index contributed by atoms with van der Waals surface area (Å²) in [6.45, 7) is -0.520. The minimum Gasteiger partial charge on any atom is -0.481 e. The van der Waals surface area contributed by atoms with Crippen LogP contribution in [0.1, 0.15) is 11.1 Å². The fraction of sp³-hybridized carbons (Fsp3) is 0.105. The predicted molar refractivity (Wildman–Crippen MR) is 106 cm³/mol. The van der Waals surface area contributed by atoms with Crippen molar-refractivity contribution in [3.8, 4) is 11.8 Å². The van der Waals surface area contributed by atoms with Crippen LogP contribution in [-0.2, 0) is 15.8 Å². The first-order valence-electron chi connectivity index (χ1n) is 7.84. The van der Waals surface area contributed by atoms with E-state index in [4.69, 9.17) is 9.84 Å². The van der Waals surface area contributed by atoms with Crippen molar-refractivity contribution in [1.29, 1.82) is 5.26 Å². The summed E-state index contributed by atoms with van der Waals surface area (Å²) in [6.07, 6.45) is -3.30. The smallest absolute Gasteiger partial charge is 0.416 e. The number of aliphatic carboxylic acids is 1. The molecule has 0 unspecified atom stereocenters. The third-order valence-electron chi connectivity index (χ3n) is 3.43. The number of amides is 1. The number of carbonyl (C=O) groups excluding carboxylic acids is 1. The largest absolute Gasteiger partial charge is 0.481 e. The van der Waals surface area contributed by atoms with Gasteiger partial charge in [0.25, 0.3) is 5.91 Å². The van der Waals surface area contributed by atoms with E-state index in [9.17, 15) is 28.0 Å². The van der Waals surface area contributed by atoms with Gasteiger partial charge in [-0.1, -0.05) is 12.1 Å². The second kappa shape index (κ2) is 9.42. The molecule has 2 aromatic rings.